The Hall–Kier alpha value is -2.64. The molecule has 2 amide bonds. The molecule has 1 aromatic carbocycles. The maximum absolute atomic E-state index is 11.4. The summed E-state index contributed by atoms with van der Waals surface area (Å²) in [6.07, 6.45) is -0.965. The Morgan fingerprint density at radius 2 is 1.89 bits per heavy atom. The predicted octanol–water partition coefficient (Wildman–Crippen LogP) is 2.34. The van der Waals surface area contributed by atoms with Crippen LogP contribution < -0.4 is 0 Å². The van der Waals surface area contributed by atoms with Crippen molar-refractivity contribution in [2.45, 2.75) is 6.92 Å². The summed E-state index contributed by atoms with van der Waals surface area (Å²) >= 11 is 0. The molecular formula is C10H9N3O5. The highest BCUT2D eigenvalue weighted by atomic mass is 16.6. The van der Waals surface area contributed by atoms with Gasteiger partial charge in [0.05, 0.1) is 11.5 Å². The second-order valence-electron chi connectivity index (χ2n) is 3.01. The molecule has 1 rings (SSSR count). The lowest BCUT2D eigenvalue weighted by molar-refractivity contribution is -0.384. The molecule has 0 aromatic heterocycles. The van der Waals surface area contributed by atoms with E-state index in [2.05, 4.69) is 15.0 Å². The van der Waals surface area contributed by atoms with E-state index in [9.17, 15) is 19.7 Å². The molecule has 0 atom stereocenters. The normalized spacial score (nSPS) is 10.3. The standard InChI is InChI=1S/C10H9N3O5/c1-2-18-10(15)12-11-9(14)7-3-5-8(6-4-7)13(16)17/h3-6H,2H2,1H3. The van der Waals surface area contributed by atoms with Crippen LogP contribution in [0.4, 0.5) is 10.5 Å². The fourth-order valence-corrected chi connectivity index (χ4v) is 1.02. The predicted molar refractivity (Wildman–Crippen MR) is 59.3 cm³/mol. The number of benzene rings is 1. The molecule has 0 aliphatic heterocycles. The van der Waals surface area contributed by atoms with E-state index in [1.54, 1.807) is 6.92 Å². The van der Waals surface area contributed by atoms with Gasteiger partial charge < -0.3 is 4.74 Å². The molecule has 0 fully saturated rings. The van der Waals surface area contributed by atoms with Gasteiger partial charge in [-0.1, -0.05) is 10.2 Å². The van der Waals surface area contributed by atoms with E-state index < -0.39 is 16.9 Å². The summed E-state index contributed by atoms with van der Waals surface area (Å²) in [6.45, 7) is 1.72. The number of ether oxygens (including phenoxy) is 1. The summed E-state index contributed by atoms with van der Waals surface area (Å²) in [5, 5.41) is 16.5. The summed E-state index contributed by atoms with van der Waals surface area (Å²) in [6, 6.07) is 4.77. The first kappa shape index (κ1) is 13.4. The van der Waals surface area contributed by atoms with Crippen molar-refractivity contribution in [1.82, 2.24) is 0 Å². The monoisotopic (exact) mass is 251 g/mol. The van der Waals surface area contributed by atoms with Crippen molar-refractivity contribution >= 4 is 17.7 Å². The van der Waals surface area contributed by atoms with E-state index in [4.69, 9.17) is 0 Å². The van der Waals surface area contributed by atoms with Crippen molar-refractivity contribution in [3.05, 3.63) is 39.9 Å². The lowest BCUT2D eigenvalue weighted by Gasteiger charge is -1.95. The molecule has 0 bridgehead atoms. The molecule has 8 nitrogen and oxygen atoms in total. The van der Waals surface area contributed by atoms with E-state index >= 15 is 0 Å². The van der Waals surface area contributed by atoms with E-state index in [0.717, 1.165) is 12.1 Å². The molecule has 0 radical (unpaired) electrons. The summed E-state index contributed by atoms with van der Waals surface area (Å²) < 4.78 is 4.44. The molecule has 1 aromatic rings. The first-order chi connectivity index (χ1) is 8.54. The number of hydrogen-bond donors (Lipinski definition) is 0. The van der Waals surface area contributed by atoms with Gasteiger partial charge in [0, 0.05) is 17.7 Å². The van der Waals surface area contributed by atoms with Gasteiger partial charge >= 0.3 is 6.09 Å². The van der Waals surface area contributed by atoms with Crippen molar-refractivity contribution in [3.8, 4) is 0 Å². The van der Waals surface area contributed by atoms with Crippen molar-refractivity contribution in [2.75, 3.05) is 6.61 Å². The number of carbonyl (C=O) groups excluding carboxylic acids is 2. The number of amides is 2. The van der Waals surface area contributed by atoms with Crippen molar-refractivity contribution in [2.24, 2.45) is 10.2 Å². The Labute approximate surface area is 101 Å². The molecule has 0 saturated heterocycles. The minimum absolute atomic E-state index is 0.0913. The average molecular weight is 251 g/mol. The van der Waals surface area contributed by atoms with Gasteiger partial charge in [0.15, 0.2) is 0 Å². The highest BCUT2D eigenvalue weighted by Crippen LogP contribution is 2.12. The number of rotatable bonds is 3. The number of nitro groups is 1. The second-order valence-corrected chi connectivity index (χ2v) is 3.01. The largest absolute Gasteiger partial charge is 0.452 e. The Bertz CT molecular complexity index is 495. The third-order valence-corrected chi connectivity index (χ3v) is 1.82. The van der Waals surface area contributed by atoms with E-state index in [1.165, 1.54) is 12.1 Å². The zero-order chi connectivity index (χ0) is 13.5. The summed E-state index contributed by atoms with van der Waals surface area (Å²) in [5.74, 6) is -0.780. The number of carbonyl (C=O) groups is 2. The van der Waals surface area contributed by atoms with Crippen LogP contribution in [0.1, 0.15) is 17.3 Å². The molecule has 0 aliphatic carbocycles. The maximum atomic E-state index is 11.4. The third kappa shape index (κ3) is 3.74. The van der Waals surface area contributed by atoms with Gasteiger partial charge in [0.1, 0.15) is 0 Å². The SMILES string of the molecule is CCOC(=O)N=NC(=O)c1ccc([N+](=O)[O-])cc1. The Balaban J connectivity index is 2.73. The topological polar surface area (TPSA) is 111 Å². The van der Waals surface area contributed by atoms with Gasteiger partial charge in [-0.05, 0) is 19.1 Å². The fourth-order valence-electron chi connectivity index (χ4n) is 1.02. The Kier molecular flexibility index (Phi) is 4.61. The molecule has 0 unspecified atom stereocenters. The lowest BCUT2D eigenvalue weighted by atomic mass is 10.2. The molecule has 0 N–H and O–H groups in total. The van der Waals surface area contributed by atoms with Crippen LogP contribution in [-0.4, -0.2) is 23.5 Å². The molecule has 0 saturated carbocycles. The van der Waals surface area contributed by atoms with Gasteiger partial charge in [-0.25, -0.2) is 4.79 Å². The Morgan fingerprint density at radius 1 is 1.28 bits per heavy atom. The summed E-state index contributed by atoms with van der Waals surface area (Å²) in [4.78, 5) is 32.0. The quantitative estimate of drug-likeness (QED) is 0.465. The van der Waals surface area contributed by atoms with Crippen LogP contribution in [0.25, 0.3) is 0 Å². The maximum Gasteiger partial charge on any atom is 0.452 e. The molecule has 0 heterocycles. The highest BCUT2D eigenvalue weighted by Gasteiger charge is 2.09. The molecule has 18 heavy (non-hydrogen) atoms. The Morgan fingerprint density at radius 3 is 2.39 bits per heavy atom. The van der Waals surface area contributed by atoms with Crippen LogP contribution in [0, 0.1) is 10.1 Å². The number of non-ortho nitro benzene ring substituents is 1. The smallest absolute Gasteiger partial charge is 0.447 e. The molecule has 8 heteroatoms. The number of hydrogen-bond acceptors (Lipinski definition) is 5. The van der Waals surface area contributed by atoms with Crippen LogP contribution in [0.15, 0.2) is 34.5 Å². The van der Waals surface area contributed by atoms with Gasteiger partial charge in [0.25, 0.3) is 11.6 Å². The van der Waals surface area contributed by atoms with Gasteiger partial charge in [-0.2, -0.15) is 0 Å². The average Bonchev–Trinajstić information content (AvgIpc) is 2.36. The zero-order valence-corrected chi connectivity index (χ0v) is 9.40. The van der Waals surface area contributed by atoms with Crippen molar-refractivity contribution in [1.29, 1.82) is 0 Å². The number of azo groups is 1. The fraction of sp³-hybridized carbons (Fsp3) is 0.200. The molecular weight excluding hydrogens is 242 g/mol. The van der Waals surface area contributed by atoms with Gasteiger partial charge in [-0.3, -0.25) is 14.9 Å². The highest BCUT2D eigenvalue weighted by molar-refractivity contribution is 5.95. The van der Waals surface area contributed by atoms with Crippen LogP contribution in [0.2, 0.25) is 0 Å². The van der Waals surface area contributed by atoms with E-state index in [1.807, 2.05) is 0 Å². The van der Waals surface area contributed by atoms with Crippen LogP contribution in [0.3, 0.4) is 0 Å². The third-order valence-electron chi connectivity index (χ3n) is 1.82. The molecule has 0 aliphatic rings. The van der Waals surface area contributed by atoms with E-state index in [-0.39, 0.29) is 17.9 Å². The van der Waals surface area contributed by atoms with Gasteiger partial charge in [-0.15, -0.1) is 0 Å². The molecule has 0 spiro atoms. The summed E-state index contributed by atoms with van der Waals surface area (Å²) in [5.41, 5.74) is -0.0532. The number of nitrogens with zero attached hydrogens (tertiary/aromatic N) is 3. The minimum Gasteiger partial charge on any atom is -0.447 e. The second kappa shape index (κ2) is 6.18. The number of nitro benzene ring substituents is 1. The first-order valence-corrected chi connectivity index (χ1v) is 4.92. The van der Waals surface area contributed by atoms with Crippen molar-refractivity contribution in [3.63, 3.8) is 0 Å². The van der Waals surface area contributed by atoms with Crippen molar-refractivity contribution < 1.29 is 19.2 Å². The minimum atomic E-state index is -0.965. The first-order valence-electron chi connectivity index (χ1n) is 4.92. The summed E-state index contributed by atoms with van der Waals surface area (Å²) in [7, 11) is 0. The zero-order valence-electron chi connectivity index (χ0n) is 9.40. The molecule has 94 valence electrons. The van der Waals surface area contributed by atoms with Crippen LogP contribution in [-0.2, 0) is 4.74 Å². The lowest BCUT2D eigenvalue weighted by Crippen LogP contribution is -1.99. The van der Waals surface area contributed by atoms with E-state index in [0.29, 0.717) is 0 Å². The van der Waals surface area contributed by atoms with Crippen LogP contribution in [0.5, 0.6) is 0 Å². The van der Waals surface area contributed by atoms with Crippen LogP contribution >= 0.6 is 0 Å². The van der Waals surface area contributed by atoms with Gasteiger partial charge in [0.2, 0.25) is 0 Å².